The molecule has 1 amide bonds. The van der Waals surface area contributed by atoms with E-state index in [0.29, 0.717) is 6.54 Å². The number of carbonyl (C=O) groups excluding carboxylic acids is 1. The lowest BCUT2D eigenvalue weighted by atomic mass is 9.98. The van der Waals surface area contributed by atoms with Crippen LogP contribution in [-0.4, -0.2) is 41.3 Å². The second-order valence-electron chi connectivity index (χ2n) is 6.55. The first-order valence-electron chi connectivity index (χ1n) is 8.68. The first kappa shape index (κ1) is 16.4. The van der Waals surface area contributed by atoms with Gasteiger partial charge in [0.05, 0.1) is 6.04 Å². The second kappa shape index (κ2) is 6.67. The highest BCUT2D eigenvalue weighted by atomic mass is 16.6. The molecule has 5 nitrogen and oxygen atoms in total. The molecule has 26 heavy (non-hydrogen) atoms. The van der Waals surface area contributed by atoms with Gasteiger partial charge in [0.15, 0.2) is 0 Å². The van der Waals surface area contributed by atoms with Crippen LogP contribution >= 0.6 is 0 Å². The molecule has 1 aliphatic carbocycles. The summed E-state index contributed by atoms with van der Waals surface area (Å²) in [4.78, 5) is 24.6. The molecular weight excluding hydrogens is 330 g/mol. The predicted octanol–water partition coefficient (Wildman–Crippen LogP) is 3.65. The van der Waals surface area contributed by atoms with Crippen LogP contribution in [0.15, 0.2) is 60.7 Å². The fourth-order valence-electron chi connectivity index (χ4n) is 3.70. The van der Waals surface area contributed by atoms with Gasteiger partial charge in [-0.2, -0.15) is 0 Å². The van der Waals surface area contributed by atoms with Crippen LogP contribution in [0.1, 0.15) is 23.5 Å². The number of benzene rings is 2. The van der Waals surface area contributed by atoms with Crippen LogP contribution < -0.4 is 0 Å². The molecule has 1 fully saturated rings. The van der Waals surface area contributed by atoms with Crippen LogP contribution in [0.5, 0.6) is 0 Å². The molecule has 2 aliphatic rings. The van der Waals surface area contributed by atoms with Crippen LogP contribution in [0.25, 0.3) is 11.1 Å². The van der Waals surface area contributed by atoms with E-state index in [1.54, 1.807) is 4.90 Å². The molecular formula is C21H19NO4. The Morgan fingerprint density at radius 3 is 2.23 bits per heavy atom. The molecule has 1 N–H and O–H groups in total. The van der Waals surface area contributed by atoms with Crippen molar-refractivity contribution in [1.29, 1.82) is 0 Å². The number of nitrogens with zero attached hydrogens (tertiary/aromatic N) is 1. The van der Waals surface area contributed by atoms with Crippen LogP contribution in [0.4, 0.5) is 4.79 Å². The van der Waals surface area contributed by atoms with E-state index in [-0.39, 0.29) is 18.6 Å². The van der Waals surface area contributed by atoms with Crippen LogP contribution in [0.2, 0.25) is 0 Å². The van der Waals surface area contributed by atoms with E-state index in [4.69, 9.17) is 9.84 Å². The number of carbonyl (C=O) groups is 2. The summed E-state index contributed by atoms with van der Waals surface area (Å²) < 4.78 is 5.59. The molecule has 2 aromatic carbocycles. The van der Waals surface area contributed by atoms with Gasteiger partial charge >= 0.3 is 12.1 Å². The van der Waals surface area contributed by atoms with Gasteiger partial charge < -0.3 is 14.7 Å². The minimum atomic E-state index is -1.01. The van der Waals surface area contributed by atoms with Gasteiger partial charge in [-0.3, -0.25) is 0 Å². The normalized spacial score (nSPS) is 18.3. The SMILES string of the molecule is O=C(O)/C=C/C1CCN1C(=O)OCC1c2ccccc2-c2ccccc21. The van der Waals surface area contributed by atoms with E-state index in [9.17, 15) is 9.59 Å². The monoisotopic (exact) mass is 349 g/mol. The lowest BCUT2D eigenvalue weighted by Crippen LogP contribution is -2.50. The Bertz CT molecular complexity index is 844. The first-order valence-corrected chi connectivity index (χ1v) is 8.68. The minimum Gasteiger partial charge on any atom is -0.478 e. The Morgan fingerprint density at radius 2 is 1.69 bits per heavy atom. The van der Waals surface area contributed by atoms with E-state index >= 15 is 0 Å². The van der Waals surface area contributed by atoms with Crippen molar-refractivity contribution >= 4 is 12.1 Å². The van der Waals surface area contributed by atoms with E-state index in [2.05, 4.69) is 24.3 Å². The van der Waals surface area contributed by atoms with Crippen molar-refractivity contribution in [2.45, 2.75) is 18.4 Å². The maximum atomic E-state index is 12.4. The summed E-state index contributed by atoms with van der Waals surface area (Å²) in [6, 6.07) is 16.2. The summed E-state index contributed by atoms with van der Waals surface area (Å²) in [6.07, 6.45) is 2.98. The number of likely N-dealkylation sites (tertiary alicyclic amines) is 1. The topological polar surface area (TPSA) is 66.8 Å². The number of carboxylic acid groups (broad SMARTS) is 1. The minimum absolute atomic E-state index is 0.0284. The quantitative estimate of drug-likeness (QED) is 0.856. The van der Waals surface area contributed by atoms with Gasteiger partial charge in [-0.1, -0.05) is 54.6 Å². The lowest BCUT2D eigenvalue weighted by molar-refractivity contribution is -0.131. The molecule has 1 heterocycles. The van der Waals surface area contributed by atoms with Gasteiger partial charge in [0.25, 0.3) is 0 Å². The van der Waals surface area contributed by atoms with E-state index in [1.807, 2.05) is 24.3 Å². The van der Waals surface area contributed by atoms with Crippen LogP contribution in [0.3, 0.4) is 0 Å². The number of hydrogen-bond acceptors (Lipinski definition) is 3. The number of aliphatic carboxylic acids is 1. The summed E-state index contributed by atoms with van der Waals surface area (Å²) in [5.74, 6) is -0.981. The molecule has 1 saturated heterocycles. The van der Waals surface area contributed by atoms with Crippen molar-refractivity contribution < 1.29 is 19.4 Å². The van der Waals surface area contributed by atoms with Gasteiger partial charge in [-0.15, -0.1) is 0 Å². The third kappa shape index (κ3) is 2.86. The molecule has 0 aromatic heterocycles. The third-order valence-corrected chi connectivity index (χ3v) is 5.10. The van der Waals surface area contributed by atoms with Gasteiger partial charge in [-0.25, -0.2) is 9.59 Å². The Balaban J connectivity index is 1.47. The van der Waals surface area contributed by atoms with Gasteiger partial charge in [0.2, 0.25) is 0 Å². The van der Waals surface area contributed by atoms with E-state index < -0.39 is 12.1 Å². The molecule has 0 radical (unpaired) electrons. The zero-order chi connectivity index (χ0) is 18.1. The van der Waals surface area contributed by atoms with Crippen LogP contribution in [-0.2, 0) is 9.53 Å². The average molecular weight is 349 g/mol. The van der Waals surface area contributed by atoms with Crippen molar-refractivity contribution in [1.82, 2.24) is 4.90 Å². The van der Waals surface area contributed by atoms with Crippen molar-refractivity contribution in [3.8, 4) is 11.1 Å². The predicted molar refractivity (Wildman–Crippen MR) is 97.0 cm³/mol. The van der Waals surface area contributed by atoms with Crippen molar-refractivity contribution in [2.24, 2.45) is 0 Å². The highest BCUT2D eigenvalue weighted by Crippen LogP contribution is 2.44. The van der Waals surface area contributed by atoms with Crippen LogP contribution in [0, 0.1) is 0 Å². The Morgan fingerprint density at radius 1 is 1.08 bits per heavy atom. The smallest absolute Gasteiger partial charge is 0.410 e. The molecule has 0 saturated carbocycles. The molecule has 2 aromatic rings. The summed E-state index contributed by atoms with van der Waals surface area (Å²) in [5.41, 5.74) is 4.73. The van der Waals surface area contributed by atoms with E-state index in [0.717, 1.165) is 12.5 Å². The summed E-state index contributed by atoms with van der Waals surface area (Å²) >= 11 is 0. The number of carboxylic acids is 1. The molecule has 1 atom stereocenters. The number of rotatable bonds is 4. The maximum Gasteiger partial charge on any atom is 0.410 e. The summed E-state index contributed by atoms with van der Waals surface area (Å²) in [5, 5.41) is 8.72. The van der Waals surface area contributed by atoms with Crippen molar-refractivity contribution in [3.63, 3.8) is 0 Å². The summed E-state index contributed by atoms with van der Waals surface area (Å²) in [6.45, 7) is 0.865. The fraction of sp³-hybridized carbons (Fsp3) is 0.238. The molecule has 0 bridgehead atoms. The number of hydrogen-bond donors (Lipinski definition) is 1. The van der Waals surface area contributed by atoms with Gasteiger partial charge in [-0.05, 0) is 28.7 Å². The van der Waals surface area contributed by atoms with Gasteiger partial charge in [0, 0.05) is 18.5 Å². The molecule has 0 spiro atoms. The Labute approximate surface area is 151 Å². The lowest BCUT2D eigenvalue weighted by Gasteiger charge is -2.38. The van der Waals surface area contributed by atoms with E-state index in [1.165, 1.54) is 28.3 Å². The molecule has 132 valence electrons. The molecule has 5 heteroatoms. The zero-order valence-electron chi connectivity index (χ0n) is 14.2. The Kier molecular flexibility index (Phi) is 4.21. The maximum absolute atomic E-state index is 12.4. The average Bonchev–Trinajstić information content (AvgIpc) is 2.93. The standard InChI is InChI=1S/C21H19NO4/c23-20(24)10-9-14-11-12-22(14)21(25)26-13-19-17-7-3-1-5-15(17)16-6-2-4-8-18(16)19/h1-10,14,19H,11-13H2,(H,23,24)/b10-9+. The van der Waals surface area contributed by atoms with Crippen molar-refractivity contribution in [2.75, 3.05) is 13.2 Å². The molecule has 4 rings (SSSR count). The number of fused-ring (bicyclic) bond motifs is 3. The fourth-order valence-corrected chi connectivity index (χ4v) is 3.70. The third-order valence-electron chi connectivity index (χ3n) is 5.10. The molecule has 1 unspecified atom stereocenters. The number of ether oxygens (including phenoxy) is 1. The summed E-state index contributed by atoms with van der Waals surface area (Å²) in [7, 11) is 0. The zero-order valence-corrected chi connectivity index (χ0v) is 14.2. The molecule has 1 aliphatic heterocycles. The van der Waals surface area contributed by atoms with Crippen molar-refractivity contribution in [3.05, 3.63) is 71.8 Å². The largest absolute Gasteiger partial charge is 0.478 e. The first-order chi connectivity index (χ1) is 12.6. The highest BCUT2D eigenvalue weighted by molar-refractivity contribution is 5.80. The highest BCUT2D eigenvalue weighted by Gasteiger charge is 2.34. The Hall–Kier alpha value is -3.08. The second-order valence-corrected chi connectivity index (χ2v) is 6.55. The van der Waals surface area contributed by atoms with Gasteiger partial charge in [0.1, 0.15) is 6.61 Å². The number of amides is 1.